The van der Waals surface area contributed by atoms with Gasteiger partial charge in [0.25, 0.3) is 5.56 Å². The highest BCUT2D eigenvalue weighted by molar-refractivity contribution is 5.91. The molecule has 6 rings (SSSR count). The molecule has 0 saturated heterocycles. The van der Waals surface area contributed by atoms with Crippen molar-refractivity contribution in [3.05, 3.63) is 94.9 Å². The second-order valence-corrected chi connectivity index (χ2v) is 8.00. The highest BCUT2D eigenvalue weighted by Crippen LogP contribution is 2.37. The maximum atomic E-state index is 13.8. The summed E-state index contributed by atoms with van der Waals surface area (Å²) in [4.78, 5) is 17.2. The summed E-state index contributed by atoms with van der Waals surface area (Å²) in [5, 5.41) is 4.79. The normalized spacial score (nSPS) is 12.8. The van der Waals surface area contributed by atoms with Crippen LogP contribution in [0.4, 0.5) is 0 Å². The van der Waals surface area contributed by atoms with E-state index in [1.807, 2.05) is 85.8 Å². The van der Waals surface area contributed by atoms with Crippen molar-refractivity contribution in [2.45, 2.75) is 6.92 Å². The van der Waals surface area contributed by atoms with Crippen molar-refractivity contribution in [3.8, 4) is 45.0 Å². The molecule has 6 nitrogen and oxygen atoms in total. The van der Waals surface area contributed by atoms with E-state index in [0.29, 0.717) is 35.9 Å². The Balaban J connectivity index is 1.63. The summed E-state index contributed by atoms with van der Waals surface area (Å²) in [7, 11) is 0. The molecule has 1 N–H and O–H groups in total. The zero-order valence-electron chi connectivity index (χ0n) is 18.0. The van der Waals surface area contributed by atoms with Crippen LogP contribution in [-0.4, -0.2) is 27.8 Å². The fourth-order valence-electron chi connectivity index (χ4n) is 4.40. The molecule has 0 atom stereocenters. The van der Waals surface area contributed by atoms with E-state index < -0.39 is 0 Å². The van der Waals surface area contributed by atoms with Crippen LogP contribution in [0.5, 0.6) is 11.5 Å². The van der Waals surface area contributed by atoms with Gasteiger partial charge in [0.15, 0.2) is 11.5 Å². The first-order chi connectivity index (χ1) is 16.2. The van der Waals surface area contributed by atoms with E-state index in [-0.39, 0.29) is 5.56 Å². The summed E-state index contributed by atoms with van der Waals surface area (Å²) >= 11 is 0. The van der Waals surface area contributed by atoms with E-state index in [1.54, 1.807) is 0 Å². The molecule has 2 aromatic heterocycles. The van der Waals surface area contributed by atoms with Gasteiger partial charge in [-0.2, -0.15) is 9.61 Å². The summed E-state index contributed by atoms with van der Waals surface area (Å²) in [6.45, 7) is 2.93. The lowest BCUT2D eigenvalue weighted by molar-refractivity contribution is 0.171. The summed E-state index contributed by atoms with van der Waals surface area (Å²) in [5.41, 5.74) is 6.17. The Hall–Kier alpha value is -4.32. The highest BCUT2D eigenvalue weighted by Gasteiger charge is 2.22. The fraction of sp³-hybridized carbons (Fsp3) is 0.111. The molecule has 3 aromatic carbocycles. The van der Waals surface area contributed by atoms with Crippen molar-refractivity contribution in [3.63, 3.8) is 0 Å². The molecule has 0 fully saturated rings. The van der Waals surface area contributed by atoms with Gasteiger partial charge in [0.05, 0.1) is 11.1 Å². The monoisotopic (exact) mass is 435 g/mol. The van der Waals surface area contributed by atoms with Crippen molar-refractivity contribution < 1.29 is 9.47 Å². The van der Waals surface area contributed by atoms with Gasteiger partial charge in [-0.3, -0.25) is 4.79 Å². The number of fused-ring (bicyclic) bond motifs is 2. The minimum absolute atomic E-state index is 0.183. The van der Waals surface area contributed by atoms with Crippen LogP contribution in [-0.2, 0) is 0 Å². The lowest BCUT2D eigenvalue weighted by Gasteiger charge is -2.19. The topological polar surface area (TPSA) is 68.6 Å². The number of H-pyrrole nitrogens is 1. The molecular weight excluding hydrogens is 414 g/mol. The molecule has 0 spiro atoms. The molecule has 5 aromatic rings. The Morgan fingerprint density at radius 1 is 0.788 bits per heavy atom. The van der Waals surface area contributed by atoms with Crippen molar-refractivity contribution in [2.75, 3.05) is 13.2 Å². The molecule has 0 aliphatic carbocycles. The molecular formula is C27H21N3O3. The van der Waals surface area contributed by atoms with Crippen LogP contribution in [0.3, 0.4) is 0 Å². The fourth-order valence-corrected chi connectivity index (χ4v) is 4.40. The molecule has 0 saturated carbocycles. The Morgan fingerprint density at radius 2 is 1.45 bits per heavy atom. The van der Waals surface area contributed by atoms with Crippen LogP contribution in [0.15, 0.2) is 83.7 Å². The average Bonchev–Trinajstić information content (AvgIpc) is 3.24. The second kappa shape index (κ2) is 7.67. The van der Waals surface area contributed by atoms with Crippen LogP contribution in [0.2, 0.25) is 0 Å². The second-order valence-electron chi connectivity index (χ2n) is 8.00. The van der Waals surface area contributed by atoms with E-state index in [0.717, 1.165) is 33.6 Å². The molecule has 0 radical (unpaired) electrons. The molecule has 0 bridgehead atoms. The summed E-state index contributed by atoms with van der Waals surface area (Å²) < 4.78 is 12.8. The van der Waals surface area contributed by atoms with Gasteiger partial charge in [-0.15, -0.1) is 0 Å². The highest BCUT2D eigenvalue weighted by atomic mass is 16.6. The molecule has 0 unspecified atom stereocenters. The molecule has 1 aliphatic rings. The van der Waals surface area contributed by atoms with Gasteiger partial charge >= 0.3 is 0 Å². The maximum absolute atomic E-state index is 13.8. The maximum Gasteiger partial charge on any atom is 0.282 e. The minimum Gasteiger partial charge on any atom is -0.486 e. The third-order valence-corrected chi connectivity index (χ3v) is 5.91. The Morgan fingerprint density at radius 3 is 2.18 bits per heavy atom. The number of rotatable bonds is 3. The number of aromatic nitrogens is 3. The molecule has 33 heavy (non-hydrogen) atoms. The lowest BCUT2D eigenvalue weighted by atomic mass is 10.0. The Kier molecular flexibility index (Phi) is 4.50. The number of aromatic amines is 1. The van der Waals surface area contributed by atoms with Crippen molar-refractivity contribution in [1.29, 1.82) is 0 Å². The van der Waals surface area contributed by atoms with Crippen molar-refractivity contribution in [2.24, 2.45) is 0 Å². The van der Waals surface area contributed by atoms with E-state index in [1.165, 1.54) is 4.52 Å². The van der Waals surface area contributed by atoms with Crippen LogP contribution in [0.1, 0.15) is 5.69 Å². The molecule has 162 valence electrons. The quantitative estimate of drug-likeness (QED) is 0.428. The van der Waals surface area contributed by atoms with Gasteiger partial charge < -0.3 is 14.5 Å². The van der Waals surface area contributed by atoms with Gasteiger partial charge in [0, 0.05) is 11.3 Å². The number of benzene rings is 3. The van der Waals surface area contributed by atoms with Crippen molar-refractivity contribution >= 4 is 5.65 Å². The lowest BCUT2D eigenvalue weighted by Crippen LogP contribution is -2.19. The van der Waals surface area contributed by atoms with Gasteiger partial charge in [-0.05, 0) is 30.2 Å². The molecule has 3 heterocycles. The molecule has 6 heteroatoms. The van der Waals surface area contributed by atoms with Gasteiger partial charge in [-0.1, -0.05) is 66.7 Å². The van der Waals surface area contributed by atoms with Gasteiger partial charge in [-0.25, -0.2) is 0 Å². The van der Waals surface area contributed by atoms with Crippen LogP contribution in [0, 0.1) is 6.92 Å². The minimum atomic E-state index is -0.183. The van der Waals surface area contributed by atoms with E-state index in [2.05, 4.69) is 4.98 Å². The number of nitrogens with zero attached hydrogens (tertiary/aromatic N) is 2. The zero-order valence-corrected chi connectivity index (χ0v) is 18.0. The van der Waals surface area contributed by atoms with Crippen LogP contribution < -0.4 is 15.0 Å². The summed E-state index contributed by atoms with van der Waals surface area (Å²) in [6.07, 6.45) is 0. The number of nitrogens with one attached hydrogen (secondary N) is 1. The Bertz CT molecular complexity index is 1540. The van der Waals surface area contributed by atoms with Gasteiger partial charge in [0.1, 0.15) is 24.6 Å². The number of hydrogen-bond acceptors (Lipinski definition) is 4. The third kappa shape index (κ3) is 3.19. The summed E-state index contributed by atoms with van der Waals surface area (Å²) in [6, 6.07) is 25.5. The first kappa shape index (κ1) is 19.4. The predicted octanol–water partition coefficient (Wildman–Crippen LogP) is 5.10. The number of ether oxygens (including phenoxy) is 2. The Labute approximate surface area is 190 Å². The number of aryl methyl sites for hydroxylation is 1. The first-order valence-electron chi connectivity index (χ1n) is 10.9. The SMILES string of the molecule is Cc1[nH]c2c(-c3ccccc3)c(-c3ccccc3)nn2c(=O)c1-c1ccc2c(c1)OCCO2. The third-order valence-electron chi connectivity index (χ3n) is 5.91. The van der Waals surface area contributed by atoms with E-state index >= 15 is 0 Å². The summed E-state index contributed by atoms with van der Waals surface area (Å²) in [5.74, 6) is 1.34. The average molecular weight is 435 g/mol. The molecule has 0 amide bonds. The zero-order chi connectivity index (χ0) is 22.4. The van der Waals surface area contributed by atoms with Crippen LogP contribution >= 0.6 is 0 Å². The largest absolute Gasteiger partial charge is 0.486 e. The number of hydrogen-bond donors (Lipinski definition) is 1. The van der Waals surface area contributed by atoms with E-state index in [4.69, 9.17) is 14.6 Å². The van der Waals surface area contributed by atoms with Crippen LogP contribution in [0.25, 0.3) is 39.2 Å². The smallest absolute Gasteiger partial charge is 0.282 e. The predicted molar refractivity (Wildman–Crippen MR) is 128 cm³/mol. The van der Waals surface area contributed by atoms with Gasteiger partial charge in [0.2, 0.25) is 0 Å². The first-order valence-corrected chi connectivity index (χ1v) is 10.9. The standard InChI is InChI=1S/C27H21N3O3/c1-17-23(20-12-13-21-22(16-20)33-15-14-32-21)27(31)30-26(28-17)24(18-8-4-2-5-9-18)25(29-30)19-10-6-3-7-11-19/h2-13,16,28H,14-15H2,1H3. The van der Waals surface area contributed by atoms with Crippen molar-refractivity contribution in [1.82, 2.24) is 14.6 Å². The molecule has 1 aliphatic heterocycles. The van der Waals surface area contributed by atoms with E-state index in [9.17, 15) is 4.79 Å².